The fraction of sp³-hybridized carbons (Fsp3) is 0.929. The molecule has 1 saturated heterocycles. The highest BCUT2D eigenvalue weighted by Gasteiger charge is 2.41. The molecule has 0 aliphatic carbocycles. The van der Waals surface area contributed by atoms with E-state index in [-0.39, 0.29) is 12.2 Å². The second kappa shape index (κ2) is 7.39. The number of rotatable bonds is 7. The summed E-state index contributed by atoms with van der Waals surface area (Å²) in [6, 6.07) is 0.350. The van der Waals surface area contributed by atoms with Gasteiger partial charge in [0.05, 0.1) is 12.2 Å². The van der Waals surface area contributed by atoms with E-state index < -0.39 is 0 Å². The van der Waals surface area contributed by atoms with E-state index in [1.807, 2.05) is 11.8 Å². The lowest BCUT2D eigenvalue weighted by molar-refractivity contribution is -0.132. The molecule has 1 heterocycles. The first-order valence-corrected chi connectivity index (χ1v) is 8.38. The van der Waals surface area contributed by atoms with Crippen LogP contribution in [-0.4, -0.2) is 40.6 Å². The average molecular weight is 272 g/mol. The number of hydrogen-bond acceptors (Lipinski definition) is 3. The summed E-state index contributed by atoms with van der Waals surface area (Å²) in [6.07, 6.45) is 2.26. The second-order valence-corrected chi connectivity index (χ2v) is 6.53. The van der Waals surface area contributed by atoms with Crippen molar-refractivity contribution in [3.63, 3.8) is 0 Å². The number of nitrogens with zero attached hydrogens (tertiary/aromatic N) is 1. The van der Waals surface area contributed by atoms with Gasteiger partial charge in [0.15, 0.2) is 0 Å². The molecular formula is C14H28N2OS. The van der Waals surface area contributed by atoms with E-state index in [1.54, 1.807) is 0 Å². The third kappa shape index (κ3) is 3.41. The maximum absolute atomic E-state index is 12.5. The summed E-state index contributed by atoms with van der Waals surface area (Å²) < 4.78 is 0. The van der Waals surface area contributed by atoms with E-state index in [0.29, 0.717) is 17.9 Å². The third-order valence-electron chi connectivity index (χ3n) is 3.87. The topological polar surface area (TPSA) is 32.3 Å². The van der Waals surface area contributed by atoms with Crippen LogP contribution in [0.15, 0.2) is 0 Å². The van der Waals surface area contributed by atoms with Crippen LogP contribution in [0, 0.1) is 5.92 Å². The average Bonchev–Trinajstić information content (AvgIpc) is 2.72. The van der Waals surface area contributed by atoms with E-state index in [9.17, 15) is 4.79 Å². The Bertz CT molecular complexity index is 273. The SMILES string of the molecule is CCSCC(C)N1C(=O)C(C(C)CC)NC1CC. The van der Waals surface area contributed by atoms with E-state index in [4.69, 9.17) is 0 Å². The highest BCUT2D eigenvalue weighted by molar-refractivity contribution is 7.99. The van der Waals surface area contributed by atoms with Crippen molar-refractivity contribution in [2.24, 2.45) is 5.92 Å². The van der Waals surface area contributed by atoms with Crippen molar-refractivity contribution in [3.8, 4) is 0 Å². The van der Waals surface area contributed by atoms with Crippen LogP contribution < -0.4 is 5.32 Å². The van der Waals surface area contributed by atoms with Crippen LogP contribution in [0.25, 0.3) is 0 Å². The Morgan fingerprint density at radius 3 is 2.50 bits per heavy atom. The standard InChI is InChI=1S/C14H28N2OS/c1-6-10(4)13-14(17)16(12(7-2)15-13)11(5)9-18-8-3/h10-13,15H,6-9H2,1-5H3. The van der Waals surface area contributed by atoms with Gasteiger partial charge in [-0.3, -0.25) is 10.1 Å². The van der Waals surface area contributed by atoms with Crippen LogP contribution in [-0.2, 0) is 4.79 Å². The highest BCUT2D eigenvalue weighted by atomic mass is 32.2. The Balaban J connectivity index is 2.73. The van der Waals surface area contributed by atoms with Crippen LogP contribution in [0.4, 0.5) is 0 Å². The molecule has 0 radical (unpaired) electrons. The monoisotopic (exact) mass is 272 g/mol. The molecule has 0 bridgehead atoms. The van der Waals surface area contributed by atoms with Crippen molar-refractivity contribution in [1.82, 2.24) is 10.2 Å². The first-order valence-electron chi connectivity index (χ1n) is 7.22. The lowest BCUT2D eigenvalue weighted by Gasteiger charge is -2.29. The van der Waals surface area contributed by atoms with E-state index >= 15 is 0 Å². The van der Waals surface area contributed by atoms with Crippen LogP contribution in [0.2, 0.25) is 0 Å². The summed E-state index contributed by atoms with van der Waals surface area (Å²) in [5.74, 6) is 2.88. The molecule has 18 heavy (non-hydrogen) atoms. The summed E-state index contributed by atoms with van der Waals surface area (Å²) in [5, 5.41) is 3.52. The van der Waals surface area contributed by atoms with E-state index in [2.05, 4.69) is 44.8 Å². The fourth-order valence-electron chi connectivity index (χ4n) is 2.52. The van der Waals surface area contributed by atoms with Crippen molar-refractivity contribution in [1.29, 1.82) is 0 Å². The number of thioether (sulfide) groups is 1. The Morgan fingerprint density at radius 2 is 2.00 bits per heavy atom. The summed E-state index contributed by atoms with van der Waals surface area (Å²) in [4.78, 5) is 14.6. The van der Waals surface area contributed by atoms with Crippen LogP contribution in [0.3, 0.4) is 0 Å². The molecule has 3 nitrogen and oxygen atoms in total. The lowest BCUT2D eigenvalue weighted by Crippen LogP contribution is -2.44. The molecule has 0 saturated carbocycles. The minimum absolute atomic E-state index is 0.0222. The number of hydrogen-bond donors (Lipinski definition) is 1. The van der Waals surface area contributed by atoms with Gasteiger partial charge in [0.25, 0.3) is 0 Å². The van der Waals surface area contributed by atoms with E-state index in [1.165, 1.54) is 0 Å². The smallest absolute Gasteiger partial charge is 0.241 e. The number of carbonyl (C=O) groups excluding carboxylic acids is 1. The second-order valence-electron chi connectivity index (χ2n) is 5.21. The number of carbonyl (C=O) groups is 1. The summed E-state index contributed by atoms with van der Waals surface area (Å²) in [7, 11) is 0. The highest BCUT2D eigenvalue weighted by Crippen LogP contribution is 2.24. The van der Waals surface area contributed by atoms with Crippen molar-refractivity contribution in [2.45, 2.75) is 65.7 Å². The number of amides is 1. The van der Waals surface area contributed by atoms with Gasteiger partial charge in [-0.2, -0.15) is 11.8 Å². The fourth-order valence-corrected chi connectivity index (χ4v) is 3.26. The van der Waals surface area contributed by atoms with Crippen LogP contribution in [0.5, 0.6) is 0 Å². The Kier molecular flexibility index (Phi) is 6.50. The predicted molar refractivity (Wildman–Crippen MR) is 79.8 cm³/mol. The number of nitrogens with one attached hydrogen (secondary N) is 1. The molecule has 1 rings (SSSR count). The molecule has 4 unspecified atom stereocenters. The maximum Gasteiger partial charge on any atom is 0.241 e. The predicted octanol–water partition coefficient (Wildman–Crippen LogP) is 2.71. The van der Waals surface area contributed by atoms with Crippen molar-refractivity contribution in [2.75, 3.05) is 11.5 Å². The molecule has 1 aliphatic rings. The largest absolute Gasteiger partial charge is 0.322 e. The van der Waals surface area contributed by atoms with E-state index in [0.717, 1.165) is 24.3 Å². The molecule has 0 spiro atoms. The molecule has 1 N–H and O–H groups in total. The molecule has 4 atom stereocenters. The zero-order valence-corrected chi connectivity index (χ0v) is 13.2. The Labute approximate surface area is 116 Å². The molecule has 1 aliphatic heterocycles. The normalized spacial score (nSPS) is 27.6. The quantitative estimate of drug-likeness (QED) is 0.773. The Hall–Kier alpha value is -0.220. The van der Waals surface area contributed by atoms with Gasteiger partial charge in [-0.05, 0) is 25.0 Å². The molecular weight excluding hydrogens is 244 g/mol. The summed E-state index contributed by atoms with van der Waals surface area (Å²) in [5.41, 5.74) is 0. The zero-order valence-electron chi connectivity index (χ0n) is 12.4. The minimum atomic E-state index is 0.0222. The summed E-state index contributed by atoms with van der Waals surface area (Å²) in [6.45, 7) is 10.8. The minimum Gasteiger partial charge on any atom is -0.322 e. The van der Waals surface area contributed by atoms with Gasteiger partial charge in [-0.25, -0.2) is 0 Å². The Morgan fingerprint density at radius 1 is 1.33 bits per heavy atom. The lowest BCUT2D eigenvalue weighted by atomic mass is 9.99. The maximum atomic E-state index is 12.5. The first kappa shape index (κ1) is 15.8. The molecule has 1 fully saturated rings. The van der Waals surface area contributed by atoms with Crippen LogP contribution >= 0.6 is 11.8 Å². The van der Waals surface area contributed by atoms with Gasteiger partial charge in [-0.1, -0.05) is 34.1 Å². The molecule has 0 aromatic carbocycles. The van der Waals surface area contributed by atoms with Crippen molar-refractivity contribution < 1.29 is 4.79 Å². The zero-order chi connectivity index (χ0) is 13.7. The van der Waals surface area contributed by atoms with Gasteiger partial charge in [-0.15, -0.1) is 0 Å². The molecule has 106 valence electrons. The van der Waals surface area contributed by atoms with Crippen molar-refractivity contribution in [3.05, 3.63) is 0 Å². The summed E-state index contributed by atoms with van der Waals surface area (Å²) >= 11 is 1.91. The van der Waals surface area contributed by atoms with Crippen molar-refractivity contribution >= 4 is 17.7 Å². The molecule has 4 heteroatoms. The van der Waals surface area contributed by atoms with Gasteiger partial charge < -0.3 is 4.90 Å². The first-order chi connectivity index (χ1) is 8.56. The van der Waals surface area contributed by atoms with Gasteiger partial charge >= 0.3 is 0 Å². The molecule has 0 aromatic heterocycles. The molecule has 0 aromatic rings. The van der Waals surface area contributed by atoms with Gasteiger partial charge in [0.1, 0.15) is 0 Å². The van der Waals surface area contributed by atoms with Crippen LogP contribution in [0.1, 0.15) is 47.5 Å². The molecule has 1 amide bonds. The van der Waals surface area contributed by atoms with Gasteiger partial charge in [0.2, 0.25) is 5.91 Å². The van der Waals surface area contributed by atoms with Gasteiger partial charge in [0, 0.05) is 11.8 Å². The third-order valence-corrected chi connectivity index (χ3v) is 4.99.